The van der Waals surface area contributed by atoms with Gasteiger partial charge in [0.15, 0.2) is 9.84 Å². The highest BCUT2D eigenvalue weighted by atomic mass is 79.9. The average molecular weight is 428 g/mol. The summed E-state index contributed by atoms with van der Waals surface area (Å²) in [5.74, 6) is 0.308. The molecule has 0 aliphatic carbocycles. The SMILES string of the molecule is COc1ccc(OC)c(NC(=O)CCS(=O)(=O)c2ccc(Br)cc2)c1. The summed E-state index contributed by atoms with van der Waals surface area (Å²) in [5.41, 5.74) is 0.424. The lowest BCUT2D eigenvalue weighted by molar-refractivity contribution is -0.115. The van der Waals surface area contributed by atoms with Crippen LogP contribution in [0.25, 0.3) is 0 Å². The number of hydrogen-bond acceptors (Lipinski definition) is 5. The van der Waals surface area contributed by atoms with E-state index in [1.165, 1.54) is 26.4 Å². The molecule has 2 rings (SSSR count). The van der Waals surface area contributed by atoms with E-state index in [1.54, 1.807) is 30.3 Å². The Morgan fingerprint density at radius 1 is 1.08 bits per heavy atom. The van der Waals surface area contributed by atoms with E-state index in [0.717, 1.165) is 4.47 Å². The van der Waals surface area contributed by atoms with E-state index in [-0.39, 0.29) is 17.1 Å². The van der Waals surface area contributed by atoms with Crippen LogP contribution in [0.4, 0.5) is 5.69 Å². The molecule has 0 fully saturated rings. The summed E-state index contributed by atoms with van der Waals surface area (Å²) >= 11 is 3.26. The second-order valence-electron chi connectivity index (χ2n) is 5.14. The molecule has 0 saturated carbocycles. The number of halogens is 1. The lowest BCUT2D eigenvalue weighted by Gasteiger charge is -2.12. The van der Waals surface area contributed by atoms with Gasteiger partial charge in [0, 0.05) is 17.0 Å². The lowest BCUT2D eigenvalue weighted by atomic mass is 10.2. The van der Waals surface area contributed by atoms with Gasteiger partial charge < -0.3 is 14.8 Å². The molecule has 1 amide bonds. The monoisotopic (exact) mass is 427 g/mol. The molecule has 8 heteroatoms. The van der Waals surface area contributed by atoms with Gasteiger partial charge in [0.25, 0.3) is 0 Å². The summed E-state index contributed by atoms with van der Waals surface area (Å²) in [7, 11) is -0.537. The minimum atomic E-state index is -3.53. The number of rotatable bonds is 7. The van der Waals surface area contributed by atoms with E-state index in [9.17, 15) is 13.2 Å². The van der Waals surface area contributed by atoms with Gasteiger partial charge in [-0.25, -0.2) is 8.42 Å². The largest absolute Gasteiger partial charge is 0.497 e. The third-order valence-electron chi connectivity index (χ3n) is 3.45. The summed E-state index contributed by atoms with van der Waals surface area (Å²) in [6, 6.07) is 11.3. The smallest absolute Gasteiger partial charge is 0.225 e. The van der Waals surface area contributed by atoms with Gasteiger partial charge in [-0.05, 0) is 36.4 Å². The predicted molar refractivity (Wildman–Crippen MR) is 99.0 cm³/mol. The Hall–Kier alpha value is -2.06. The lowest BCUT2D eigenvalue weighted by Crippen LogP contribution is -2.17. The number of benzene rings is 2. The van der Waals surface area contributed by atoms with Crippen LogP contribution in [-0.2, 0) is 14.6 Å². The molecule has 0 saturated heterocycles. The average Bonchev–Trinajstić information content (AvgIpc) is 2.60. The Kier molecular flexibility index (Phi) is 6.44. The quantitative estimate of drug-likeness (QED) is 0.732. The van der Waals surface area contributed by atoms with Gasteiger partial charge >= 0.3 is 0 Å². The molecule has 0 aliphatic rings. The van der Waals surface area contributed by atoms with Crippen molar-refractivity contribution in [1.29, 1.82) is 0 Å². The van der Waals surface area contributed by atoms with Crippen LogP contribution in [-0.4, -0.2) is 34.3 Å². The summed E-state index contributed by atoms with van der Waals surface area (Å²) in [6.07, 6.45) is -0.168. The zero-order valence-electron chi connectivity index (χ0n) is 13.8. The fourth-order valence-corrected chi connectivity index (χ4v) is 3.62. The molecule has 0 spiro atoms. The van der Waals surface area contributed by atoms with Crippen molar-refractivity contribution in [1.82, 2.24) is 0 Å². The molecule has 6 nitrogen and oxygen atoms in total. The number of carbonyl (C=O) groups is 1. The highest BCUT2D eigenvalue weighted by Crippen LogP contribution is 2.29. The second-order valence-corrected chi connectivity index (χ2v) is 8.16. The van der Waals surface area contributed by atoms with Gasteiger partial charge in [-0.3, -0.25) is 4.79 Å². The van der Waals surface area contributed by atoms with Crippen molar-refractivity contribution in [3.05, 3.63) is 46.9 Å². The van der Waals surface area contributed by atoms with E-state index in [0.29, 0.717) is 17.2 Å². The van der Waals surface area contributed by atoms with Crippen LogP contribution in [0.2, 0.25) is 0 Å². The highest BCUT2D eigenvalue weighted by Gasteiger charge is 2.17. The van der Waals surface area contributed by atoms with Gasteiger partial charge in [0.05, 0.1) is 30.6 Å². The molecule has 1 N–H and O–H groups in total. The fraction of sp³-hybridized carbons (Fsp3) is 0.235. The minimum Gasteiger partial charge on any atom is -0.497 e. The number of amides is 1. The molecule has 0 aliphatic heterocycles. The van der Waals surface area contributed by atoms with Crippen LogP contribution < -0.4 is 14.8 Å². The number of methoxy groups -OCH3 is 2. The normalized spacial score (nSPS) is 11.0. The Morgan fingerprint density at radius 2 is 1.76 bits per heavy atom. The maximum Gasteiger partial charge on any atom is 0.225 e. The number of ether oxygens (including phenoxy) is 2. The van der Waals surface area contributed by atoms with E-state index < -0.39 is 15.7 Å². The molecule has 2 aromatic rings. The summed E-state index contributed by atoms with van der Waals surface area (Å²) in [4.78, 5) is 12.3. The topological polar surface area (TPSA) is 81.7 Å². The fourth-order valence-electron chi connectivity index (χ4n) is 2.11. The number of carbonyl (C=O) groups excluding carboxylic acids is 1. The first kappa shape index (κ1) is 19.3. The third-order valence-corrected chi connectivity index (χ3v) is 5.71. The summed E-state index contributed by atoms with van der Waals surface area (Å²) in [5, 5.41) is 2.65. The predicted octanol–water partition coefficient (Wildman–Crippen LogP) is 3.27. The van der Waals surface area contributed by atoms with Crippen molar-refractivity contribution in [2.24, 2.45) is 0 Å². The Balaban J connectivity index is 2.04. The molecule has 2 aromatic carbocycles. The van der Waals surface area contributed by atoms with Crippen molar-refractivity contribution >= 4 is 37.4 Å². The van der Waals surface area contributed by atoms with Crippen LogP contribution in [0.1, 0.15) is 6.42 Å². The maximum atomic E-state index is 12.3. The van der Waals surface area contributed by atoms with E-state index in [1.807, 2.05) is 0 Å². The summed E-state index contributed by atoms with van der Waals surface area (Å²) in [6.45, 7) is 0. The third kappa shape index (κ3) is 5.20. The first-order chi connectivity index (χ1) is 11.9. The molecular weight excluding hydrogens is 410 g/mol. The molecule has 134 valence electrons. The number of hydrogen-bond donors (Lipinski definition) is 1. The van der Waals surface area contributed by atoms with Gasteiger partial charge in [-0.1, -0.05) is 15.9 Å². The zero-order chi connectivity index (χ0) is 18.4. The van der Waals surface area contributed by atoms with E-state index in [2.05, 4.69) is 21.2 Å². The Morgan fingerprint density at radius 3 is 2.36 bits per heavy atom. The van der Waals surface area contributed by atoms with Crippen LogP contribution in [0.5, 0.6) is 11.5 Å². The molecule has 0 bridgehead atoms. The van der Waals surface area contributed by atoms with Gasteiger partial charge in [-0.2, -0.15) is 0 Å². The minimum absolute atomic E-state index is 0.168. The first-order valence-corrected chi connectivity index (χ1v) is 9.80. The van der Waals surface area contributed by atoms with Crippen LogP contribution in [0.3, 0.4) is 0 Å². The molecule has 0 atom stereocenters. The molecule has 0 unspecified atom stereocenters. The van der Waals surface area contributed by atoms with Gasteiger partial charge in [-0.15, -0.1) is 0 Å². The van der Waals surface area contributed by atoms with Crippen molar-refractivity contribution in [2.45, 2.75) is 11.3 Å². The highest BCUT2D eigenvalue weighted by molar-refractivity contribution is 9.10. The van der Waals surface area contributed by atoms with Crippen molar-refractivity contribution in [2.75, 3.05) is 25.3 Å². The van der Waals surface area contributed by atoms with E-state index >= 15 is 0 Å². The molecule has 25 heavy (non-hydrogen) atoms. The Labute approximate surface area is 155 Å². The molecular formula is C17H18BrNO5S. The Bertz CT molecular complexity index is 850. The molecule has 0 heterocycles. The zero-order valence-corrected chi connectivity index (χ0v) is 16.2. The molecule has 0 radical (unpaired) electrons. The first-order valence-electron chi connectivity index (χ1n) is 7.36. The van der Waals surface area contributed by atoms with E-state index in [4.69, 9.17) is 9.47 Å². The van der Waals surface area contributed by atoms with Crippen molar-refractivity contribution in [3.63, 3.8) is 0 Å². The number of anilines is 1. The van der Waals surface area contributed by atoms with Crippen LogP contribution >= 0.6 is 15.9 Å². The van der Waals surface area contributed by atoms with Gasteiger partial charge in [0.2, 0.25) is 5.91 Å². The van der Waals surface area contributed by atoms with Crippen LogP contribution in [0, 0.1) is 0 Å². The number of sulfone groups is 1. The number of nitrogens with one attached hydrogen (secondary N) is 1. The van der Waals surface area contributed by atoms with Gasteiger partial charge in [0.1, 0.15) is 11.5 Å². The second kappa shape index (κ2) is 8.35. The van der Waals surface area contributed by atoms with Crippen molar-refractivity contribution in [3.8, 4) is 11.5 Å². The summed E-state index contributed by atoms with van der Waals surface area (Å²) < 4.78 is 35.6. The standard InChI is InChI=1S/C17H18BrNO5S/c1-23-13-5-8-16(24-2)15(11-13)19-17(20)9-10-25(21,22)14-6-3-12(18)4-7-14/h3-8,11H,9-10H2,1-2H3,(H,19,20). The van der Waals surface area contributed by atoms with Crippen molar-refractivity contribution < 1.29 is 22.7 Å². The molecule has 0 aromatic heterocycles. The van der Waals surface area contributed by atoms with Crippen LogP contribution in [0.15, 0.2) is 51.8 Å². The maximum absolute atomic E-state index is 12.3.